The van der Waals surface area contributed by atoms with Crippen LogP contribution < -0.4 is 10.6 Å². The van der Waals surface area contributed by atoms with Crippen molar-refractivity contribution in [3.63, 3.8) is 0 Å². The Morgan fingerprint density at radius 3 is 3.11 bits per heavy atom. The van der Waals surface area contributed by atoms with E-state index in [-0.39, 0.29) is 0 Å². The van der Waals surface area contributed by atoms with Gasteiger partial charge in [0, 0.05) is 12.1 Å². The number of halogens is 1. The second-order valence-corrected chi connectivity index (χ2v) is 5.96. The molecule has 2 rings (SSSR count). The first-order valence-electron chi connectivity index (χ1n) is 6.85. The third-order valence-electron chi connectivity index (χ3n) is 3.44. The number of pyridine rings is 1. The van der Waals surface area contributed by atoms with Crippen molar-refractivity contribution in [3.05, 3.63) is 22.9 Å². The third kappa shape index (κ3) is 4.58. The van der Waals surface area contributed by atoms with Crippen molar-refractivity contribution in [2.75, 3.05) is 11.9 Å². The highest BCUT2D eigenvalue weighted by Gasteiger charge is 2.14. The van der Waals surface area contributed by atoms with Crippen molar-refractivity contribution in [1.29, 1.82) is 0 Å². The molecule has 18 heavy (non-hydrogen) atoms. The van der Waals surface area contributed by atoms with Gasteiger partial charge in [-0.05, 0) is 60.8 Å². The van der Waals surface area contributed by atoms with Crippen LogP contribution in [0.1, 0.15) is 39.0 Å². The summed E-state index contributed by atoms with van der Waals surface area (Å²) in [6, 6.07) is 5.18. The maximum atomic E-state index is 4.23. The van der Waals surface area contributed by atoms with E-state index in [1.165, 1.54) is 38.6 Å². The van der Waals surface area contributed by atoms with Gasteiger partial charge >= 0.3 is 0 Å². The Hall–Kier alpha value is -0.610. The Morgan fingerprint density at radius 2 is 2.33 bits per heavy atom. The summed E-state index contributed by atoms with van der Waals surface area (Å²) in [5.74, 6) is 0. The van der Waals surface area contributed by atoms with Crippen molar-refractivity contribution in [2.24, 2.45) is 0 Å². The molecule has 1 aromatic rings. The third-order valence-corrected chi connectivity index (χ3v) is 3.91. The standard InChI is InChI=1S/C14H22BrN3/c1-11(9-12-5-3-2-4-8-16-12)18-13-6-7-14(15)17-10-13/h6-7,10-12,16,18H,2-5,8-9H2,1H3. The molecule has 1 saturated heterocycles. The minimum Gasteiger partial charge on any atom is -0.381 e. The fourth-order valence-electron chi connectivity index (χ4n) is 2.53. The lowest BCUT2D eigenvalue weighted by Gasteiger charge is -2.22. The van der Waals surface area contributed by atoms with Gasteiger partial charge in [-0.15, -0.1) is 0 Å². The van der Waals surface area contributed by atoms with Crippen LogP contribution in [0.4, 0.5) is 5.69 Å². The zero-order valence-corrected chi connectivity index (χ0v) is 12.5. The van der Waals surface area contributed by atoms with E-state index in [2.05, 4.69) is 44.5 Å². The predicted molar refractivity (Wildman–Crippen MR) is 79.9 cm³/mol. The molecule has 0 saturated carbocycles. The lowest BCUT2D eigenvalue weighted by molar-refractivity contribution is 0.456. The van der Waals surface area contributed by atoms with Crippen LogP contribution in [0, 0.1) is 0 Å². The van der Waals surface area contributed by atoms with Gasteiger partial charge in [0.2, 0.25) is 0 Å². The molecule has 0 bridgehead atoms. The van der Waals surface area contributed by atoms with Gasteiger partial charge < -0.3 is 10.6 Å². The second-order valence-electron chi connectivity index (χ2n) is 5.15. The highest BCUT2D eigenvalue weighted by Crippen LogP contribution is 2.16. The molecule has 0 radical (unpaired) electrons. The summed E-state index contributed by atoms with van der Waals surface area (Å²) in [6.07, 6.45) is 8.43. The molecule has 2 N–H and O–H groups in total. The van der Waals surface area contributed by atoms with Crippen LogP contribution in [0.25, 0.3) is 0 Å². The van der Waals surface area contributed by atoms with Crippen LogP contribution in [0.2, 0.25) is 0 Å². The van der Waals surface area contributed by atoms with E-state index in [1.807, 2.05) is 12.3 Å². The fraction of sp³-hybridized carbons (Fsp3) is 0.643. The normalized spacial score (nSPS) is 22.2. The Bertz CT molecular complexity index is 345. The van der Waals surface area contributed by atoms with E-state index in [0.717, 1.165) is 10.3 Å². The summed E-state index contributed by atoms with van der Waals surface area (Å²) >= 11 is 3.35. The number of nitrogens with one attached hydrogen (secondary N) is 2. The Balaban J connectivity index is 1.80. The summed E-state index contributed by atoms with van der Waals surface area (Å²) < 4.78 is 0.881. The zero-order chi connectivity index (χ0) is 12.8. The van der Waals surface area contributed by atoms with Gasteiger partial charge in [-0.1, -0.05) is 12.8 Å². The number of hydrogen-bond donors (Lipinski definition) is 2. The lowest BCUT2D eigenvalue weighted by atomic mass is 10.0. The van der Waals surface area contributed by atoms with E-state index >= 15 is 0 Å². The molecular formula is C14H22BrN3. The van der Waals surface area contributed by atoms with Crippen molar-refractivity contribution in [1.82, 2.24) is 10.3 Å². The molecule has 1 aliphatic rings. The largest absolute Gasteiger partial charge is 0.381 e. The van der Waals surface area contributed by atoms with Gasteiger partial charge in [0.25, 0.3) is 0 Å². The molecule has 2 unspecified atom stereocenters. The minimum atomic E-state index is 0.476. The quantitative estimate of drug-likeness (QED) is 0.835. The maximum Gasteiger partial charge on any atom is 0.106 e. The van der Waals surface area contributed by atoms with Gasteiger partial charge in [-0.25, -0.2) is 4.98 Å². The van der Waals surface area contributed by atoms with Crippen LogP contribution in [0.3, 0.4) is 0 Å². The maximum absolute atomic E-state index is 4.23. The first-order valence-corrected chi connectivity index (χ1v) is 7.65. The van der Waals surface area contributed by atoms with Gasteiger partial charge in [-0.3, -0.25) is 0 Å². The minimum absolute atomic E-state index is 0.476. The zero-order valence-electron chi connectivity index (χ0n) is 11.0. The van der Waals surface area contributed by atoms with Crippen molar-refractivity contribution >= 4 is 21.6 Å². The van der Waals surface area contributed by atoms with Gasteiger partial charge in [0.05, 0.1) is 11.9 Å². The molecule has 0 amide bonds. The van der Waals surface area contributed by atoms with Crippen LogP contribution >= 0.6 is 15.9 Å². The molecule has 1 fully saturated rings. The Labute approximate surface area is 118 Å². The Morgan fingerprint density at radius 1 is 1.44 bits per heavy atom. The summed E-state index contributed by atoms with van der Waals surface area (Å²) in [6.45, 7) is 3.42. The number of hydrogen-bond acceptors (Lipinski definition) is 3. The highest BCUT2D eigenvalue weighted by atomic mass is 79.9. The summed E-state index contributed by atoms with van der Waals surface area (Å²) in [7, 11) is 0. The van der Waals surface area contributed by atoms with E-state index < -0.39 is 0 Å². The average Bonchev–Trinajstić information content (AvgIpc) is 2.61. The topological polar surface area (TPSA) is 37.0 Å². The molecule has 1 aliphatic heterocycles. The van der Waals surface area contributed by atoms with Crippen molar-refractivity contribution in [3.8, 4) is 0 Å². The number of aromatic nitrogens is 1. The summed E-state index contributed by atoms with van der Waals surface area (Å²) in [5, 5.41) is 7.16. The molecule has 0 spiro atoms. The summed E-state index contributed by atoms with van der Waals surface area (Å²) in [5.41, 5.74) is 1.10. The number of anilines is 1. The van der Waals surface area contributed by atoms with E-state index in [4.69, 9.17) is 0 Å². The first-order chi connectivity index (χ1) is 8.74. The molecule has 3 nitrogen and oxygen atoms in total. The fourth-order valence-corrected chi connectivity index (χ4v) is 2.77. The molecule has 100 valence electrons. The number of rotatable bonds is 4. The highest BCUT2D eigenvalue weighted by molar-refractivity contribution is 9.10. The van der Waals surface area contributed by atoms with Crippen LogP contribution in [0.15, 0.2) is 22.9 Å². The van der Waals surface area contributed by atoms with E-state index in [9.17, 15) is 0 Å². The SMILES string of the molecule is CC(CC1CCCCCN1)Nc1ccc(Br)nc1. The predicted octanol–water partition coefficient (Wildman–Crippen LogP) is 3.57. The molecule has 2 atom stereocenters. The van der Waals surface area contributed by atoms with Gasteiger partial charge in [0.1, 0.15) is 4.60 Å². The lowest BCUT2D eigenvalue weighted by Crippen LogP contribution is -2.33. The summed E-state index contributed by atoms with van der Waals surface area (Å²) in [4.78, 5) is 4.23. The monoisotopic (exact) mass is 311 g/mol. The number of nitrogens with zero attached hydrogens (tertiary/aromatic N) is 1. The van der Waals surface area contributed by atoms with Crippen molar-refractivity contribution < 1.29 is 0 Å². The van der Waals surface area contributed by atoms with Crippen LogP contribution in [-0.2, 0) is 0 Å². The van der Waals surface area contributed by atoms with Crippen molar-refractivity contribution in [2.45, 2.75) is 51.1 Å². The smallest absolute Gasteiger partial charge is 0.106 e. The Kier molecular flexibility index (Phi) is 5.45. The van der Waals surface area contributed by atoms with Gasteiger partial charge in [0.15, 0.2) is 0 Å². The molecule has 0 aromatic carbocycles. The molecule has 4 heteroatoms. The molecule has 2 heterocycles. The van der Waals surface area contributed by atoms with E-state index in [0.29, 0.717) is 12.1 Å². The molecular weight excluding hydrogens is 290 g/mol. The molecule has 1 aromatic heterocycles. The average molecular weight is 312 g/mol. The van der Waals surface area contributed by atoms with E-state index in [1.54, 1.807) is 0 Å². The first kappa shape index (κ1) is 13.8. The second kappa shape index (κ2) is 7.10. The molecule has 0 aliphatic carbocycles. The van der Waals surface area contributed by atoms with Crippen LogP contribution in [-0.4, -0.2) is 23.6 Å². The van der Waals surface area contributed by atoms with Gasteiger partial charge in [-0.2, -0.15) is 0 Å². The van der Waals surface area contributed by atoms with Crippen LogP contribution in [0.5, 0.6) is 0 Å².